The van der Waals surface area contributed by atoms with Gasteiger partial charge in [0.2, 0.25) is 5.91 Å². The first-order valence-corrected chi connectivity index (χ1v) is 6.75. The molecule has 2 heterocycles. The highest BCUT2D eigenvalue weighted by Crippen LogP contribution is 2.15. The van der Waals surface area contributed by atoms with Gasteiger partial charge in [0, 0.05) is 38.1 Å². The van der Waals surface area contributed by atoms with Crippen LogP contribution in [0.4, 0.5) is 0 Å². The molecular weight excluding hydrogens is 242 g/mol. The fourth-order valence-electron chi connectivity index (χ4n) is 2.44. The number of aromatic nitrogens is 1. The van der Waals surface area contributed by atoms with Gasteiger partial charge in [-0.1, -0.05) is 0 Å². The molecule has 5 heteroatoms. The first-order valence-electron chi connectivity index (χ1n) is 6.75. The Labute approximate surface area is 113 Å². The Balaban J connectivity index is 2.12. The summed E-state index contributed by atoms with van der Waals surface area (Å²) in [6.07, 6.45) is 4.93. The summed E-state index contributed by atoms with van der Waals surface area (Å²) in [6.45, 7) is 3.61. The van der Waals surface area contributed by atoms with E-state index in [2.05, 4.69) is 15.2 Å². The van der Waals surface area contributed by atoms with Crippen LogP contribution in [0.15, 0.2) is 24.5 Å². The molecule has 1 aliphatic rings. The Kier molecular flexibility index (Phi) is 4.87. The number of pyridine rings is 1. The second-order valence-electron chi connectivity index (χ2n) is 5.05. The summed E-state index contributed by atoms with van der Waals surface area (Å²) in [5.41, 5.74) is 1.14. The average Bonchev–Trinajstić information content (AvgIpc) is 2.53. The van der Waals surface area contributed by atoms with Gasteiger partial charge in [0.05, 0.1) is 6.04 Å². The van der Waals surface area contributed by atoms with Gasteiger partial charge in [-0.2, -0.15) is 0 Å². The molecule has 2 N–H and O–H groups in total. The molecule has 2 rings (SSSR count). The van der Waals surface area contributed by atoms with Crippen molar-refractivity contribution in [2.45, 2.75) is 38.4 Å². The quantitative estimate of drug-likeness (QED) is 0.832. The second kappa shape index (κ2) is 6.63. The number of aliphatic hydroxyl groups excluding tert-OH is 1. The molecule has 1 saturated heterocycles. The second-order valence-corrected chi connectivity index (χ2v) is 5.05. The number of hydrogen-bond acceptors (Lipinski definition) is 4. The highest BCUT2D eigenvalue weighted by atomic mass is 16.3. The maximum absolute atomic E-state index is 12.1. The maximum Gasteiger partial charge on any atom is 0.237 e. The van der Waals surface area contributed by atoms with E-state index in [0.717, 1.165) is 18.5 Å². The summed E-state index contributed by atoms with van der Waals surface area (Å²) in [5.74, 6) is 0.0214. The summed E-state index contributed by atoms with van der Waals surface area (Å²) in [4.78, 5) is 18.3. The highest BCUT2D eigenvalue weighted by molar-refractivity contribution is 5.82. The van der Waals surface area contributed by atoms with E-state index in [1.165, 1.54) is 0 Å². The molecular formula is C14H21N3O2. The van der Waals surface area contributed by atoms with Gasteiger partial charge in [0.15, 0.2) is 0 Å². The molecule has 0 aliphatic carbocycles. The summed E-state index contributed by atoms with van der Waals surface area (Å²) >= 11 is 0. The number of carbonyl (C=O) groups excluding carboxylic acids is 1. The highest BCUT2D eigenvalue weighted by Gasteiger charge is 2.29. The molecule has 1 aliphatic heterocycles. The van der Waals surface area contributed by atoms with Crippen LogP contribution in [0.2, 0.25) is 0 Å². The standard InChI is InChI=1S/C14H21N3O2/c1-11-4-8-17(10-12-2-6-15-7-3-12)13(5-9-18)14(19)16-11/h2-3,6-7,11,13,18H,4-5,8-10H2,1H3,(H,16,19). The number of carbonyl (C=O) groups is 1. The molecule has 0 spiro atoms. The zero-order valence-electron chi connectivity index (χ0n) is 11.2. The maximum atomic E-state index is 12.1. The minimum atomic E-state index is -0.247. The SMILES string of the molecule is CC1CCN(Cc2ccncc2)C(CCO)C(=O)N1. The van der Waals surface area contributed by atoms with Crippen LogP contribution in [0.25, 0.3) is 0 Å². The molecule has 5 nitrogen and oxygen atoms in total. The summed E-state index contributed by atoms with van der Waals surface area (Å²) < 4.78 is 0. The lowest BCUT2D eigenvalue weighted by Gasteiger charge is -2.27. The summed E-state index contributed by atoms with van der Waals surface area (Å²) in [7, 11) is 0. The van der Waals surface area contributed by atoms with E-state index >= 15 is 0 Å². The topological polar surface area (TPSA) is 65.5 Å². The van der Waals surface area contributed by atoms with E-state index < -0.39 is 0 Å². The van der Waals surface area contributed by atoms with E-state index in [1.807, 2.05) is 19.1 Å². The molecule has 1 aromatic heterocycles. The molecule has 104 valence electrons. The van der Waals surface area contributed by atoms with E-state index in [-0.39, 0.29) is 24.6 Å². The lowest BCUT2D eigenvalue weighted by molar-refractivity contribution is -0.126. The van der Waals surface area contributed by atoms with Crippen molar-refractivity contribution in [1.29, 1.82) is 0 Å². The Morgan fingerprint density at radius 2 is 2.21 bits per heavy atom. The van der Waals surface area contributed by atoms with Crippen LogP contribution in [-0.2, 0) is 11.3 Å². The van der Waals surface area contributed by atoms with Crippen LogP contribution < -0.4 is 5.32 Å². The minimum absolute atomic E-state index is 0.0214. The van der Waals surface area contributed by atoms with Gasteiger partial charge in [-0.3, -0.25) is 14.7 Å². The van der Waals surface area contributed by atoms with Gasteiger partial charge in [-0.25, -0.2) is 0 Å². The fraction of sp³-hybridized carbons (Fsp3) is 0.571. The third kappa shape index (κ3) is 3.75. The lowest BCUT2D eigenvalue weighted by atomic mass is 10.1. The van der Waals surface area contributed by atoms with E-state index in [0.29, 0.717) is 13.0 Å². The minimum Gasteiger partial charge on any atom is -0.396 e. The number of hydrogen-bond donors (Lipinski definition) is 2. The third-order valence-corrected chi connectivity index (χ3v) is 3.52. The van der Waals surface area contributed by atoms with Crippen molar-refractivity contribution < 1.29 is 9.90 Å². The van der Waals surface area contributed by atoms with Gasteiger partial charge in [-0.15, -0.1) is 0 Å². The predicted octanol–water partition coefficient (Wildman–Crippen LogP) is 0.543. The van der Waals surface area contributed by atoms with Crippen LogP contribution in [0, 0.1) is 0 Å². The van der Waals surface area contributed by atoms with Crippen molar-refractivity contribution in [3.63, 3.8) is 0 Å². The average molecular weight is 263 g/mol. The summed E-state index contributed by atoms with van der Waals surface area (Å²) in [5, 5.41) is 12.1. The van der Waals surface area contributed by atoms with Crippen LogP contribution in [0.3, 0.4) is 0 Å². The molecule has 1 aromatic rings. The van der Waals surface area contributed by atoms with Gasteiger partial charge >= 0.3 is 0 Å². The van der Waals surface area contributed by atoms with Gasteiger partial charge in [-0.05, 0) is 37.5 Å². The van der Waals surface area contributed by atoms with Crippen LogP contribution in [0.5, 0.6) is 0 Å². The Bertz CT molecular complexity index is 410. The number of nitrogens with one attached hydrogen (secondary N) is 1. The molecule has 19 heavy (non-hydrogen) atoms. The number of rotatable bonds is 4. The van der Waals surface area contributed by atoms with Gasteiger partial charge in [0.1, 0.15) is 0 Å². The van der Waals surface area contributed by atoms with Crippen LogP contribution in [0.1, 0.15) is 25.3 Å². The van der Waals surface area contributed by atoms with Crippen molar-refractivity contribution in [1.82, 2.24) is 15.2 Å². The lowest BCUT2D eigenvalue weighted by Crippen LogP contribution is -2.45. The van der Waals surface area contributed by atoms with Gasteiger partial charge < -0.3 is 10.4 Å². The first kappa shape index (κ1) is 14.0. The molecule has 0 radical (unpaired) electrons. The number of amides is 1. The Morgan fingerprint density at radius 3 is 2.89 bits per heavy atom. The zero-order valence-corrected chi connectivity index (χ0v) is 11.2. The predicted molar refractivity (Wildman–Crippen MR) is 72.4 cm³/mol. The number of nitrogens with zero attached hydrogens (tertiary/aromatic N) is 2. The first-order chi connectivity index (χ1) is 9.20. The number of aliphatic hydroxyl groups is 1. The Hall–Kier alpha value is -1.46. The van der Waals surface area contributed by atoms with Crippen molar-refractivity contribution in [2.75, 3.05) is 13.2 Å². The molecule has 1 fully saturated rings. The van der Waals surface area contributed by atoms with Crippen LogP contribution in [-0.4, -0.2) is 46.1 Å². The van der Waals surface area contributed by atoms with E-state index in [4.69, 9.17) is 5.11 Å². The molecule has 0 aromatic carbocycles. The Morgan fingerprint density at radius 1 is 1.47 bits per heavy atom. The fourth-order valence-corrected chi connectivity index (χ4v) is 2.44. The van der Waals surface area contributed by atoms with Crippen molar-refractivity contribution >= 4 is 5.91 Å². The molecule has 0 bridgehead atoms. The smallest absolute Gasteiger partial charge is 0.237 e. The zero-order chi connectivity index (χ0) is 13.7. The monoisotopic (exact) mass is 263 g/mol. The van der Waals surface area contributed by atoms with E-state index in [1.54, 1.807) is 12.4 Å². The normalized spacial score (nSPS) is 24.8. The van der Waals surface area contributed by atoms with E-state index in [9.17, 15) is 4.79 Å². The molecule has 2 atom stereocenters. The largest absolute Gasteiger partial charge is 0.396 e. The van der Waals surface area contributed by atoms with Crippen molar-refractivity contribution in [3.8, 4) is 0 Å². The third-order valence-electron chi connectivity index (χ3n) is 3.52. The van der Waals surface area contributed by atoms with Crippen molar-refractivity contribution in [3.05, 3.63) is 30.1 Å². The molecule has 2 unspecified atom stereocenters. The molecule has 1 amide bonds. The van der Waals surface area contributed by atoms with Crippen LogP contribution >= 0.6 is 0 Å². The van der Waals surface area contributed by atoms with Gasteiger partial charge in [0.25, 0.3) is 0 Å². The van der Waals surface area contributed by atoms with Crippen molar-refractivity contribution in [2.24, 2.45) is 0 Å². The summed E-state index contributed by atoms with van der Waals surface area (Å²) in [6, 6.07) is 3.86. The molecule has 0 saturated carbocycles.